The number of nitrogen functional groups attached to an aromatic ring is 1. The van der Waals surface area contributed by atoms with Gasteiger partial charge in [-0.2, -0.15) is 0 Å². The minimum atomic E-state index is -0.654. The third-order valence-corrected chi connectivity index (χ3v) is 2.55. The van der Waals surface area contributed by atoms with Gasteiger partial charge in [-0.15, -0.1) is 0 Å². The first kappa shape index (κ1) is 12.1. The smallest absolute Gasteiger partial charge is 0.360 e. The fourth-order valence-corrected chi connectivity index (χ4v) is 1.61. The Kier molecular flexibility index (Phi) is 3.01. The van der Waals surface area contributed by atoms with Gasteiger partial charge in [0, 0.05) is 0 Å². The van der Waals surface area contributed by atoms with Crippen molar-refractivity contribution in [3.63, 3.8) is 0 Å². The second-order valence-electron chi connectivity index (χ2n) is 3.79. The van der Waals surface area contributed by atoms with Gasteiger partial charge in [0.1, 0.15) is 18.0 Å². The lowest BCUT2D eigenvalue weighted by atomic mass is 10.2. The van der Waals surface area contributed by atoms with Gasteiger partial charge in [0.25, 0.3) is 0 Å². The normalized spacial score (nSPS) is 10.4. The maximum absolute atomic E-state index is 13.8. The number of ether oxygens (including phenoxy) is 1. The molecule has 1 aromatic carbocycles. The van der Waals surface area contributed by atoms with Crippen molar-refractivity contribution >= 4 is 11.8 Å². The summed E-state index contributed by atoms with van der Waals surface area (Å²) < 4.78 is 19.6. The van der Waals surface area contributed by atoms with Crippen molar-refractivity contribution in [1.29, 1.82) is 0 Å². The minimum absolute atomic E-state index is 0.0301. The second-order valence-corrected chi connectivity index (χ2v) is 3.79. The molecule has 0 spiro atoms. The summed E-state index contributed by atoms with van der Waals surface area (Å²) in [5.41, 5.74) is 6.75. The van der Waals surface area contributed by atoms with E-state index in [0.29, 0.717) is 0 Å². The molecular formula is C12H12FN3O2. The molecule has 0 amide bonds. The van der Waals surface area contributed by atoms with E-state index >= 15 is 0 Å². The summed E-state index contributed by atoms with van der Waals surface area (Å²) >= 11 is 0. The molecule has 18 heavy (non-hydrogen) atoms. The van der Waals surface area contributed by atoms with Gasteiger partial charge >= 0.3 is 5.97 Å². The first-order valence-electron chi connectivity index (χ1n) is 5.22. The molecule has 0 saturated carbocycles. The van der Waals surface area contributed by atoms with Gasteiger partial charge in [-0.1, -0.05) is 6.07 Å². The number of halogens is 1. The number of hydrogen-bond acceptors (Lipinski definition) is 4. The quantitative estimate of drug-likeness (QED) is 0.822. The summed E-state index contributed by atoms with van der Waals surface area (Å²) in [7, 11) is 1.23. The number of aromatic nitrogens is 2. The zero-order valence-corrected chi connectivity index (χ0v) is 9.98. The van der Waals surface area contributed by atoms with Crippen LogP contribution in [0.15, 0.2) is 24.5 Å². The van der Waals surface area contributed by atoms with Crippen LogP contribution in [-0.4, -0.2) is 22.6 Å². The number of benzene rings is 1. The molecular weight excluding hydrogens is 237 g/mol. The molecule has 0 fully saturated rings. The Labute approximate surface area is 103 Å². The standard InChI is InChI=1S/C12H12FN3O2/c1-7-3-4-9(8(13)5-7)16-6-15-10(11(16)14)12(17)18-2/h3-6H,14H2,1-2H3. The summed E-state index contributed by atoms with van der Waals surface area (Å²) in [6, 6.07) is 4.70. The highest BCUT2D eigenvalue weighted by atomic mass is 19.1. The average molecular weight is 249 g/mol. The molecule has 2 rings (SSSR count). The molecule has 0 radical (unpaired) electrons. The molecule has 0 saturated heterocycles. The second kappa shape index (κ2) is 4.48. The molecule has 2 N–H and O–H groups in total. The zero-order valence-electron chi connectivity index (χ0n) is 9.98. The van der Waals surface area contributed by atoms with Crippen LogP contribution in [0.2, 0.25) is 0 Å². The molecule has 0 unspecified atom stereocenters. The molecule has 2 aromatic rings. The molecule has 94 valence electrons. The molecule has 0 aliphatic carbocycles. The van der Waals surface area contributed by atoms with Gasteiger partial charge < -0.3 is 10.5 Å². The van der Waals surface area contributed by atoms with Gasteiger partial charge in [0.15, 0.2) is 5.69 Å². The number of carbonyl (C=O) groups is 1. The van der Waals surface area contributed by atoms with E-state index in [9.17, 15) is 9.18 Å². The number of imidazole rings is 1. The molecule has 0 atom stereocenters. The Morgan fingerprint density at radius 3 is 2.83 bits per heavy atom. The predicted octanol–water partition coefficient (Wildman–Crippen LogP) is 1.69. The molecule has 5 nitrogen and oxygen atoms in total. The minimum Gasteiger partial charge on any atom is -0.464 e. The fourth-order valence-electron chi connectivity index (χ4n) is 1.61. The van der Waals surface area contributed by atoms with E-state index in [4.69, 9.17) is 5.73 Å². The van der Waals surface area contributed by atoms with Crippen LogP contribution in [0.1, 0.15) is 16.1 Å². The zero-order chi connectivity index (χ0) is 13.3. The fraction of sp³-hybridized carbons (Fsp3) is 0.167. The van der Waals surface area contributed by atoms with E-state index in [2.05, 4.69) is 9.72 Å². The number of esters is 1. The monoisotopic (exact) mass is 249 g/mol. The molecule has 1 heterocycles. The number of anilines is 1. The number of nitrogens with two attached hydrogens (primary N) is 1. The number of hydrogen-bond donors (Lipinski definition) is 1. The number of carbonyl (C=O) groups excluding carboxylic acids is 1. The molecule has 0 aliphatic rings. The van der Waals surface area contributed by atoms with Crippen LogP contribution in [-0.2, 0) is 4.74 Å². The van der Waals surface area contributed by atoms with Crippen LogP contribution in [0.3, 0.4) is 0 Å². The van der Waals surface area contributed by atoms with Crippen LogP contribution in [0.4, 0.5) is 10.2 Å². The number of nitrogens with zero attached hydrogens (tertiary/aromatic N) is 2. The van der Waals surface area contributed by atoms with Gasteiger partial charge in [0.2, 0.25) is 0 Å². The predicted molar refractivity (Wildman–Crippen MR) is 64.0 cm³/mol. The van der Waals surface area contributed by atoms with Crippen LogP contribution in [0.5, 0.6) is 0 Å². The van der Waals surface area contributed by atoms with Crippen molar-refractivity contribution in [2.45, 2.75) is 6.92 Å². The number of aryl methyl sites for hydroxylation is 1. The lowest BCUT2D eigenvalue weighted by Gasteiger charge is -2.07. The van der Waals surface area contributed by atoms with E-state index in [-0.39, 0.29) is 17.2 Å². The SMILES string of the molecule is COC(=O)c1ncn(-c2ccc(C)cc2F)c1N. The van der Waals surface area contributed by atoms with Crippen LogP contribution >= 0.6 is 0 Å². The first-order valence-corrected chi connectivity index (χ1v) is 5.22. The highest BCUT2D eigenvalue weighted by Crippen LogP contribution is 2.21. The van der Waals surface area contributed by atoms with Crippen LogP contribution < -0.4 is 5.73 Å². The Hall–Kier alpha value is -2.37. The molecule has 1 aromatic heterocycles. The van der Waals surface area contributed by atoms with E-state index in [1.54, 1.807) is 19.1 Å². The van der Waals surface area contributed by atoms with Crippen molar-refractivity contribution in [2.24, 2.45) is 0 Å². The lowest BCUT2D eigenvalue weighted by Crippen LogP contribution is -2.08. The van der Waals surface area contributed by atoms with E-state index in [1.807, 2.05) is 0 Å². The summed E-state index contributed by atoms with van der Waals surface area (Å²) in [4.78, 5) is 15.2. The summed E-state index contributed by atoms with van der Waals surface area (Å²) in [6.45, 7) is 1.78. The van der Waals surface area contributed by atoms with Crippen molar-refractivity contribution in [1.82, 2.24) is 9.55 Å². The Morgan fingerprint density at radius 2 is 2.22 bits per heavy atom. The number of rotatable bonds is 2. The van der Waals surface area contributed by atoms with Crippen molar-refractivity contribution in [3.05, 3.63) is 41.6 Å². The Balaban J connectivity index is 2.52. The average Bonchev–Trinajstić information content (AvgIpc) is 2.70. The van der Waals surface area contributed by atoms with Gasteiger partial charge in [-0.05, 0) is 24.6 Å². The first-order chi connectivity index (χ1) is 8.54. The molecule has 6 heteroatoms. The Morgan fingerprint density at radius 1 is 1.50 bits per heavy atom. The molecule has 0 bridgehead atoms. The van der Waals surface area contributed by atoms with Gasteiger partial charge in [-0.3, -0.25) is 4.57 Å². The maximum atomic E-state index is 13.8. The Bertz CT molecular complexity index is 607. The highest BCUT2D eigenvalue weighted by Gasteiger charge is 2.18. The number of methoxy groups -OCH3 is 1. The summed E-state index contributed by atoms with van der Waals surface area (Å²) in [5, 5.41) is 0. The van der Waals surface area contributed by atoms with Gasteiger partial charge in [-0.25, -0.2) is 14.2 Å². The third kappa shape index (κ3) is 1.92. The highest BCUT2D eigenvalue weighted by molar-refractivity contribution is 5.92. The third-order valence-electron chi connectivity index (χ3n) is 2.55. The van der Waals surface area contributed by atoms with Crippen LogP contribution in [0.25, 0.3) is 5.69 Å². The van der Waals surface area contributed by atoms with Crippen molar-refractivity contribution < 1.29 is 13.9 Å². The largest absolute Gasteiger partial charge is 0.464 e. The summed E-state index contributed by atoms with van der Waals surface area (Å²) in [6.07, 6.45) is 1.29. The van der Waals surface area contributed by atoms with Crippen LogP contribution in [0, 0.1) is 12.7 Å². The van der Waals surface area contributed by atoms with Crippen molar-refractivity contribution in [2.75, 3.05) is 12.8 Å². The summed E-state index contributed by atoms with van der Waals surface area (Å²) in [5.74, 6) is -1.04. The van der Waals surface area contributed by atoms with E-state index in [0.717, 1.165) is 5.56 Å². The van der Waals surface area contributed by atoms with Crippen molar-refractivity contribution in [3.8, 4) is 5.69 Å². The maximum Gasteiger partial charge on any atom is 0.360 e. The van der Waals surface area contributed by atoms with E-state index < -0.39 is 11.8 Å². The lowest BCUT2D eigenvalue weighted by molar-refractivity contribution is 0.0596. The molecule has 0 aliphatic heterocycles. The van der Waals surface area contributed by atoms with Gasteiger partial charge in [0.05, 0.1) is 12.8 Å². The van der Waals surface area contributed by atoms with E-state index in [1.165, 1.54) is 24.1 Å². The topological polar surface area (TPSA) is 70.1 Å².